The van der Waals surface area contributed by atoms with E-state index in [1.807, 2.05) is 0 Å². The van der Waals surface area contributed by atoms with Crippen LogP contribution >= 0.6 is 0 Å². The maximum atomic E-state index is 11.8. The van der Waals surface area contributed by atoms with Gasteiger partial charge >= 0.3 is 0 Å². The minimum absolute atomic E-state index is 0.0483. The van der Waals surface area contributed by atoms with Crippen molar-refractivity contribution in [3.8, 4) is 0 Å². The molecule has 0 saturated carbocycles. The van der Waals surface area contributed by atoms with Gasteiger partial charge in [-0.15, -0.1) is 0 Å². The predicted molar refractivity (Wildman–Crippen MR) is 79.4 cm³/mol. The summed E-state index contributed by atoms with van der Waals surface area (Å²) < 4.78 is 29.9. The summed E-state index contributed by atoms with van der Waals surface area (Å²) in [6.45, 7) is 2.92. The highest BCUT2D eigenvalue weighted by atomic mass is 32.2. The number of ether oxygens (including phenoxy) is 1. The van der Waals surface area contributed by atoms with Crippen molar-refractivity contribution in [3.05, 3.63) is 0 Å². The van der Waals surface area contributed by atoms with Crippen molar-refractivity contribution in [2.45, 2.75) is 37.8 Å². The van der Waals surface area contributed by atoms with Gasteiger partial charge in [0.15, 0.2) is 0 Å². The molecule has 2 heterocycles. The molecule has 2 saturated heterocycles. The lowest BCUT2D eigenvalue weighted by atomic mass is 10.1. The lowest BCUT2D eigenvalue weighted by molar-refractivity contribution is -0.129. The van der Waals surface area contributed by atoms with Crippen molar-refractivity contribution in [1.82, 2.24) is 14.9 Å². The normalized spacial score (nSPS) is 23.1. The lowest BCUT2D eigenvalue weighted by Gasteiger charge is -2.30. The molecule has 0 bridgehead atoms. The number of carbonyl (C=O) groups excluding carboxylic acids is 1. The number of carbonyl (C=O) groups is 1. The molecular weight excluding hydrogens is 294 g/mol. The van der Waals surface area contributed by atoms with Crippen LogP contribution in [-0.2, 0) is 19.6 Å². The summed E-state index contributed by atoms with van der Waals surface area (Å²) in [6.07, 6.45) is 4.60. The van der Waals surface area contributed by atoms with Gasteiger partial charge in [0.1, 0.15) is 6.61 Å². The van der Waals surface area contributed by atoms with Crippen LogP contribution in [0, 0.1) is 0 Å². The molecule has 2 N–H and O–H groups in total. The Morgan fingerprint density at radius 2 is 1.86 bits per heavy atom. The summed E-state index contributed by atoms with van der Waals surface area (Å²) in [5, 5.41) is 6.18. The van der Waals surface area contributed by atoms with Gasteiger partial charge in [0.2, 0.25) is 15.9 Å². The maximum absolute atomic E-state index is 11.8. The molecular formula is C13H25N3O4S. The smallest absolute Gasteiger partial charge is 0.246 e. The van der Waals surface area contributed by atoms with Crippen molar-refractivity contribution < 1.29 is 17.9 Å². The van der Waals surface area contributed by atoms with Crippen LogP contribution in [0.4, 0.5) is 0 Å². The van der Waals surface area contributed by atoms with E-state index in [0.29, 0.717) is 25.9 Å². The fourth-order valence-electron chi connectivity index (χ4n) is 2.76. The third-order valence-electron chi connectivity index (χ3n) is 4.02. The van der Waals surface area contributed by atoms with Crippen LogP contribution in [0.5, 0.6) is 0 Å². The van der Waals surface area contributed by atoms with E-state index in [4.69, 9.17) is 4.74 Å². The highest BCUT2D eigenvalue weighted by molar-refractivity contribution is 7.88. The van der Waals surface area contributed by atoms with E-state index in [1.54, 1.807) is 0 Å². The van der Waals surface area contributed by atoms with Gasteiger partial charge in [-0.05, 0) is 38.8 Å². The molecule has 21 heavy (non-hydrogen) atoms. The molecule has 8 heteroatoms. The Morgan fingerprint density at radius 3 is 2.43 bits per heavy atom. The Bertz CT molecular complexity index is 440. The maximum Gasteiger partial charge on any atom is 0.246 e. The molecule has 0 aromatic carbocycles. The third-order valence-corrected chi connectivity index (χ3v) is 5.33. The summed E-state index contributed by atoms with van der Waals surface area (Å²) in [4.78, 5) is 11.8. The van der Waals surface area contributed by atoms with Gasteiger partial charge in [0, 0.05) is 19.1 Å². The average molecular weight is 319 g/mol. The molecule has 0 aliphatic carbocycles. The molecule has 1 amide bonds. The van der Waals surface area contributed by atoms with Crippen LogP contribution in [0.25, 0.3) is 0 Å². The molecule has 2 fully saturated rings. The number of hydrogen-bond acceptors (Lipinski definition) is 5. The Hall–Kier alpha value is -0.700. The van der Waals surface area contributed by atoms with Crippen LogP contribution in [-0.4, -0.2) is 69.8 Å². The van der Waals surface area contributed by atoms with Gasteiger partial charge in [-0.3, -0.25) is 4.79 Å². The van der Waals surface area contributed by atoms with Gasteiger partial charge in [0.05, 0.1) is 12.4 Å². The topological polar surface area (TPSA) is 87.7 Å². The molecule has 2 aliphatic heterocycles. The first-order valence-corrected chi connectivity index (χ1v) is 9.37. The summed E-state index contributed by atoms with van der Waals surface area (Å²) >= 11 is 0. The molecule has 0 radical (unpaired) electrons. The first-order valence-electron chi connectivity index (χ1n) is 7.52. The summed E-state index contributed by atoms with van der Waals surface area (Å²) in [5.41, 5.74) is 0. The van der Waals surface area contributed by atoms with Crippen molar-refractivity contribution in [1.29, 1.82) is 0 Å². The van der Waals surface area contributed by atoms with Crippen LogP contribution in [0.1, 0.15) is 25.7 Å². The third kappa shape index (κ3) is 5.54. The van der Waals surface area contributed by atoms with Crippen LogP contribution in [0.15, 0.2) is 0 Å². The van der Waals surface area contributed by atoms with Gasteiger partial charge in [-0.25, -0.2) is 12.7 Å². The van der Waals surface area contributed by atoms with Gasteiger partial charge in [-0.2, -0.15) is 0 Å². The SMILES string of the molecule is CS(=O)(=O)N1CCC(NC(=O)COC2CCNCC2)CC1. The van der Waals surface area contributed by atoms with Crippen molar-refractivity contribution >= 4 is 15.9 Å². The summed E-state index contributed by atoms with van der Waals surface area (Å²) in [7, 11) is -3.11. The number of nitrogens with zero attached hydrogens (tertiary/aromatic N) is 1. The Labute approximate surface area is 126 Å². The Morgan fingerprint density at radius 1 is 1.24 bits per heavy atom. The van der Waals surface area contributed by atoms with E-state index in [-0.39, 0.29) is 24.7 Å². The Balaban J connectivity index is 1.65. The van der Waals surface area contributed by atoms with Gasteiger partial charge < -0.3 is 15.4 Å². The quantitative estimate of drug-likeness (QED) is 0.699. The highest BCUT2D eigenvalue weighted by Crippen LogP contribution is 2.13. The molecule has 122 valence electrons. The standard InChI is InChI=1S/C13H25N3O4S/c1-21(18,19)16-8-4-11(5-9-16)15-13(17)10-20-12-2-6-14-7-3-12/h11-12,14H,2-10H2,1H3,(H,15,17). The molecule has 0 atom stereocenters. The first-order chi connectivity index (χ1) is 9.95. The highest BCUT2D eigenvalue weighted by Gasteiger charge is 2.26. The fraction of sp³-hybridized carbons (Fsp3) is 0.923. The van der Waals surface area contributed by atoms with E-state index >= 15 is 0 Å². The number of piperidine rings is 2. The Kier molecular flexibility index (Phi) is 5.98. The molecule has 0 unspecified atom stereocenters. The van der Waals surface area contributed by atoms with E-state index in [2.05, 4.69) is 10.6 Å². The van der Waals surface area contributed by atoms with Crippen LogP contribution in [0.3, 0.4) is 0 Å². The molecule has 7 nitrogen and oxygen atoms in total. The van der Waals surface area contributed by atoms with Gasteiger partial charge in [-0.1, -0.05) is 0 Å². The molecule has 0 spiro atoms. The van der Waals surface area contributed by atoms with E-state index in [0.717, 1.165) is 25.9 Å². The number of rotatable bonds is 5. The molecule has 2 rings (SSSR count). The fourth-order valence-corrected chi connectivity index (χ4v) is 3.63. The second-order valence-electron chi connectivity index (χ2n) is 5.76. The van der Waals surface area contributed by atoms with E-state index in [1.165, 1.54) is 10.6 Å². The predicted octanol–water partition coefficient (Wildman–Crippen LogP) is -0.705. The number of nitrogens with one attached hydrogen (secondary N) is 2. The van der Waals surface area contributed by atoms with Crippen LogP contribution < -0.4 is 10.6 Å². The second kappa shape index (κ2) is 7.53. The molecule has 2 aliphatic rings. The summed E-state index contributed by atoms with van der Waals surface area (Å²) in [6, 6.07) is 0.0483. The first kappa shape index (κ1) is 16.7. The number of hydrogen-bond donors (Lipinski definition) is 2. The largest absolute Gasteiger partial charge is 0.368 e. The zero-order chi connectivity index (χ0) is 15.3. The van der Waals surface area contributed by atoms with Gasteiger partial charge in [0.25, 0.3) is 0 Å². The summed E-state index contributed by atoms with van der Waals surface area (Å²) in [5.74, 6) is -0.105. The minimum Gasteiger partial charge on any atom is -0.368 e. The molecule has 0 aromatic rings. The number of sulfonamides is 1. The van der Waals surface area contributed by atoms with Crippen LogP contribution in [0.2, 0.25) is 0 Å². The van der Waals surface area contributed by atoms with E-state index < -0.39 is 10.0 Å². The van der Waals surface area contributed by atoms with Crippen molar-refractivity contribution in [2.75, 3.05) is 39.0 Å². The average Bonchev–Trinajstić information content (AvgIpc) is 2.46. The monoisotopic (exact) mass is 319 g/mol. The van der Waals surface area contributed by atoms with Crippen molar-refractivity contribution in [3.63, 3.8) is 0 Å². The zero-order valence-corrected chi connectivity index (χ0v) is 13.3. The number of amides is 1. The van der Waals surface area contributed by atoms with Crippen molar-refractivity contribution in [2.24, 2.45) is 0 Å². The van der Waals surface area contributed by atoms with E-state index in [9.17, 15) is 13.2 Å². The second-order valence-corrected chi connectivity index (χ2v) is 7.75. The minimum atomic E-state index is -3.11. The lowest BCUT2D eigenvalue weighted by Crippen LogP contribution is -2.47. The molecule has 0 aromatic heterocycles. The zero-order valence-electron chi connectivity index (χ0n) is 12.5.